The molecule has 2 rings (SSSR count). The second-order valence-electron chi connectivity index (χ2n) is 4.95. The molecule has 1 aromatic rings. The van der Waals surface area contributed by atoms with Gasteiger partial charge in [0.25, 0.3) is 0 Å². The molecule has 0 aliphatic carbocycles. The molecular formula is C13H19FN2O3S. The van der Waals surface area contributed by atoms with E-state index in [1.165, 1.54) is 12.1 Å². The number of rotatable bonds is 5. The molecule has 1 saturated heterocycles. The first kappa shape index (κ1) is 15.4. The van der Waals surface area contributed by atoms with E-state index in [0.29, 0.717) is 12.2 Å². The Morgan fingerprint density at radius 2 is 2.25 bits per heavy atom. The molecule has 0 spiro atoms. The molecule has 1 aliphatic rings. The molecule has 0 radical (unpaired) electrons. The zero-order chi connectivity index (χ0) is 14.8. The maximum Gasteiger partial charge on any atom is 0.243 e. The zero-order valence-corrected chi connectivity index (χ0v) is 12.1. The summed E-state index contributed by atoms with van der Waals surface area (Å²) in [5.41, 5.74) is 5.94. The molecule has 0 amide bonds. The number of hydrogen-bond donors (Lipinski definition) is 2. The van der Waals surface area contributed by atoms with Crippen LogP contribution in [0.5, 0.6) is 0 Å². The lowest BCUT2D eigenvalue weighted by molar-refractivity contribution is 0.107. The van der Waals surface area contributed by atoms with E-state index >= 15 is 0 Å². The Balaban J connectivity index is 2.10. The van der Waals surface area contributed by atoms with Crippen molar-refractivity contribution < 1.29 is 17.5 Å². The van der Waals surface area contributed by atoms with Gasteiger partial charge in [0.1, 0.15) is 10.7 Å². The van der Waals surface area contributed by atoms with Crippen LogP contribution in [-0.2, 0) is 21.3 Å². The molecule has 0 aromatic heterocycles. The molecule has 5 nitrogen and oxygen atoms in total. The standard InChI is InChI=1S/C13H19FN2O3S/c1-9-11(4-5-19-9)8-16-20(17,18)13-3-2-10(7-15)6-12(13)14/h2-3,6,9,11,16H,4-5,7-8,15H2,1H3. The molecule has 1 aliphatic heterocycles. The van der Waals surface area contributed by atoms with Gasteiger partial charge in [-0.05, 0) is 31.0 Å². The van der Waals surface area contributed by atoms with Crippen LogP contribution in [0.25, 0.3) is 0 Å². The van der Waals surface area contributed by atoms with E-state index < -0.39 is 15.8 Å². The lowest BCUT2D eigenvalue weighted by atomic mass is 10.0. The van der Waals surface area contributed by atoms with Crippen LogP contribution in [0.2, 0.25) is 0 Å². The smallest absolute Gasteiger partial charge is 0.243 e. The third-order valence-electron chi connectivity index (χ3n) is 3.59. The summed E-state index contributed by atoms with van der Waals surface area (Å²) in [6, 6.07) is 3.91. The van der Waals surface area contributed by atoms with Crippen LogP contribution in [0, 0.1) is 11.7 Å². The van der Waals surface area contributed by atoms with Gasteiger partial charge in [-0.25, -0.2) is 17.5 Å². The van der Waals surface area contributed by atoms with Gasteiger partial charge in [-0.15, -0.1) is 0 Å². The first-order valence-electron chi connectivity index (χ1n) is 6.54. The minimum atomic E-state index is -3.85. The summed E-state index contributed by atoms with van der Waals surface area (Å²) >= 11 is 0. The van der Waals surface area contributed by atoms with Crippen molar-refractivity contribution in [2.75, 3.05) is 13.2 Å². The van der Waals surface area contributed by atoms with Gasteiger partial charge in [0.05, 0.1) is 6.10 Å². The number of nitrogens with one attached hydrogen (secondary N) is 1. The van der Waals surface area contributed by atoms with Gasteiger partial charge in [0.2, 0.25) is 10.0 Å². The summed E-state index contributed by atoms with van der Waals surface area (Å²) in [6.45, 7) is 2.96. The van der Waals surface area contributed by atoms with Crippen molar-refractivity contribution in [2.45, 2.75) is 30.9 Å². The summed E-state index contributed by atoms with van der Waals surface area (Å²) < 4.78 is 45.8. The van der Waals surface area contributed by atoms with Crippen molar-refractivity contribution in [2.24, 2.45) is 11.7 Å². The van der Waals surface area contributed by atoms with Crippen LogP contribution in [0.15, 0.2) is 23.1 Å². The van der Waals surface area contributed by atoms with Crippen LogP contribution >= 0.6 is 0 Å². The average molecular weight is 302 g/mol. The summed E-state index contributed by atoms with van der Waals surface area (Å²) in [6.07, 6.45) is 0.820. The van der Waals surface area contributed by atoms with Crippen LogP contribution in [-0.4, -0.2) is 27.7 Å². The first-order chi connectivity index (χ1) is 9.44. The molecular weight excluding hydrogens is 283 g/mol. The summed E-state index contributed by atoms with van der Waals surface area (Å²) in [5.74, 6) is -0.660. The van der Waals surface area contributed by atoms with E-state index in [4.69, 9.17) is 10.5 Å². The average Bonchev–Trinajstić information content (AvgIpc) is 2.81. The van der Waals surface area contributed by atoms with Crippen molar-refractivity contribution >= 4 is 10.0 Å². The fourth-order valence-corrected chi connectivity index (χ4v) is 3.38. The normalized spacial score (nSPS) is 23.1. The quantitative estimate of drug-likeness (QED) is 0.850. The third-order valence-corrected chi connectivity index (χ3v) is 5.05. The number of hydrogen-bond acceptors (Lipinski definition) is 4. The van der Waals surface area contributed by atoms with Gasteiger partial charge < -0.3 is 10.5 Å². The first-order valence-corrected chi connectivity index (χ1v) is 8.02. The maximum absolute atomic E-state index is 13.8. The highest BCUT2D eigenvalue weighted by Crippen LogP contribution is 2.21. The minimum absolute atomic E-state index is 0.0159. The molecule has 112 valence electrons. The molecule has 0 bridgehead atoms. The molecule has 1 heterocycles. The highest BCUT2D eigenvalue weighted by atomic mass is 32.2. The lowest BCUT2D eigenvalue weighted by Gasteiger charge is -2.15. The molecule has 0 saturated carbocycles. The number of nitrogens with two attached hydrogens (primary N) is 1. The Hall–Kier alpha value is -1.02. The number of benzene rings is 1. The van der Waals surface area contributed by atoms with Gasteiger partial charge in [0.15, 0.2) is 0 Å². The Morgan fingerprint density at radius 3 is 2.80 bits per heavy atom. The molecule has 1 aromatic carbocycles. The molecule has 7 heteroatoms. The zero-order valence-electron chi connectivity index (χ0n) is 11.3. The van der Waals surface area contributed by atoms with E-state index in [0.717, 1.165) is 12.5 Å². The van der Waals surface area contributed by atoms with Crippen molar-refractivity contribution in [3.63, 3.8) is 0 Å². The Bertz CT molecular complexity index is 577. The van der Waals surface area contributed by atoms with Crippen molar-refractivity contribution in [3.8, 4) is 0 Å². The topological polar surface area (TPSA) is 81.4 Å². The number of ether oxygens (including phenoxy) is 1. The number of sulfonamides is 1. The van der Waals surface area contributed by atoms with Gasteiger partial charge in [0, 0.05) is 25.6 Å². The van der Waals surface area contributed by atoms with Crippen molar-refractivity contribution in [3.05, 3.63) is 29.6 Å². The van der Waals surface area contributed by atoms with Gasteiger partial charge in [-0.3, -0.25) is 0 Å². The van der Waals surface area contributed by atoms with Crippen molar-refractivity contribution in [1.82, 2.24) is 4.72 Å². The second-order valence-corrected chi connectivity index (χ2v) is 6.68. The van der Waals surface area contributed by atoms with Crippen LogP contribution in [0.4, 0.5) is 4.39 Å². The molecule has 2 unspecified atom stereocenters. The number of halogens is 1. The van der Waals surface area contributed by atoms with E-state index in [1.54, 1.807) is 0 Å². The van der Waals surface area contributed by atoms with Gasteiger partial charge in [-0.1, -0.05) is 6.07 Å². The Labute approximate surface area is 118 Å². The fraction of sp³-hybridized carbons (Fsp3) is 0.538. The monoisotopic (exact) mass is 302 g/mol. The van der Waals surface area contributed by atoms with Crippen LogP contribution in [0.1, 0.15) is 18.9 Å². The molecule has 2 atom stereocenters. The second kappa shape index (κ2) is 6.17. The van der Waals surface area contributed by atoms with E-state index in [2.05, 4.69) is 4.72 Å². The Kier molecular flexibility index (Phi) is 4.74. The highest BCUT2D eigenvalue weighted by molar-refractivity contribution is 7.89. The van der Waals surface area contributed by atoms with E-state index in [-0.39, 0.29) is 30.0 Å². The van der Waals surface area contributed by atoms with E-state index in [9.17, 15) is 12.8 Å². The lowest BCUT2D eigenvalue weighted by Crippen LogP contribution is -2.32. The van der Waals surface area contributed by atoms with Crippen LogP contribution < -0.4 is 10.5 Å². The highest BCUT2D eigenvalue weighted by Gasteiger charge is 2.27. The minimum Gasteiger partial charge on any atom is -0.378 e. The molecule has 3 N–H and O–H groups in total. The molecule has 20 heavy (non-hydrogen) atoms. The van der Waals surface area contributed by atoms with E-state index in [1.807, 2.05) is 6.92 Å². The fourth-order valence-electron chi connectivity index (χ4n) is 2.23. The van der Waals surface area contributed by atoms with Gasteiger partial charge >= 0.3 is 0 Å². The Morgan fingerprint density at radius 1 is 1.50 bits per heavy atom. The predicted octanol–water partition coefficient (Wildman–Crippen LogP) is 0.988. The third kappa shape index (κ3) is 3.35. The van der Waals surface area contributed by atoms with Crippen LogP contribution in [0.3, 0.4) is 0 Å². The maximum atomic E-state index is 13.8. The summed E-state index contributed by atoms with van der Waals surface area (Å²) in [7, 11) is -3.85. The van der Waals surface area contributed by atoms with Crippen molar-refractivity contribution in [1.29, 1.82) is 0 Å². The summed E-state index contributed by atoms with van der Waals surface area (Å²) in [5, 5.41) is 0. The SMILES string of the molecule is CC1OCCC1CNS(=O)(=O)c1ccc(CN)cc1F. The largest absolute Gasteiger partial charge is 0.378 e. The molecule has 1 fully saturated rings. The predicted molar refractivity (Wildman–Crippen MR) is 73.0 cm³/mol. The summed E-state index contributed by atoms with van der Waals surface area (Å²) in [4.78, 5) is -0.346. The van der Waals surface area contributed by atoms with Gasteiger partial charge in [-0.2, -0.15) is 0 Å².